The number of rotatable bonds is 2. The molecule has 1 amide bonds. The first-order valence-electron chi connectivity index (χ1n) is 6.48. The maximum atomic E-state index is 12.6. The first kappa shape index (κ1) is 13.1. The summed E-state index contributed by atoms with van der Waals surface area (Å²) in [5, 5.41) is 9.37. The molecule has 104 valence electrons. The van der Waals surface area contributed by atoms with Crippen molar-refractivity contribution in [3.8, 4) is 0 Å². The normalized spacial score (nSPS) is 13.5. The van der Waals surface area contributed by atoms with Crippen LogP contribution in [-0.2, 0) is 0 Å². The molecule has 3 rings (SSSR count). The largest absolute Gasteiger partial charge is 0.478 e. The van der Waals surface area contributed by atoms with E-state index in [4.69, 9.17) is 0 Å². The van der Waals surface area contributed by atoms with Gasteiger partial charge in [0.05, 0.1) is 16.9 Å². The highest BCUT2D eigenvalue weighted by molar-refractivity contribution is 6.23. The van der Waals surface area contributed by atoms with Crippen LogP contribution in [0.1, 0.15) is 31.8 Å². The zero-order chi connectivity index (χ0) is 15.1. The zero-order valence-corrected chi connectivity index (χ0v) is 11.5. The van der Waals surface area contributed by atoms with Crippen molar-refractivity contribution in [1.29, 1.82) is 0 Å². The van der Waals surface area contributed by atoms with Crippen molar-refractivity contribution in [1.82, 2.24) is 0 Å². The molecule has 1 aliphatic heterocycles. The molecule has 2 aromatic rings. The number of amides is 1. The number of nitrogens with zero attached hydrogens (tertiary/aromatic N) is 1. The highest BCUT2D eigenvalue weighted by Crippen LogP contribution is 2.38. The summed E-state index contributed by atoms with van der Waals surface area (Å²) in [7, 11) is 0. The number of carbonyl (C=O) groups excluding carboxylic acids is 1. The fourth-order valence-corrected chi connectivity index (χ4v) is 2.65. The fraction of sp³-hybridized carbons (Fsp3) is 0.0588. The Morgan fingerprint density at radius 1 is 1.10 bits per heavy atom. The van der Waals surface area contributed by atoms with Crippen molar-refractivity contribution < 1.29 is 14.7 Å². The summed E-state index contributed by atoms with van der Waals surface area (Å²) in [4.78, 5) is 25.4. The molecule has 0 aromatic heterocycles. The number of benzene rings is 2. The summed E-state index contributed by atoms with van der Waals surface area (Å²) < 4.78 is 0. The van der Waals surface area contributed by atoms with Gasteiger partial charge < -0.3 is 5.11 Å². The van der Waals surface area contributed by atoms with Gasteiger partial charge in [-0.15, -0.1) is 0 Å². The second-order valence-corrected chi connectivity index (χ2v) is 4.91. The third-order valence-electron chi connectivity index (χ3n) is 3.63. The van der Waals surface area contributed by atoms with Gasteiger partial charge in [-0.3, -0.25) is 9.69 Å². The number of aromatic carboxylic acids is 1. The van der Waals surface area contributed by atoms with Crippen molar-refractivity contribution in [2.75, 3.05) is 4.90 Å². The van der Waals surface area contributed by atoms with Crippen LogP contribution in [0.15, 0.2) is 49.0 Å². The molecule has 0 saturated carbocycles. The number of para-hydroxylation sites is 1. The van der Waals surface area contributed by atoms with E-state index in [1.54, 1.807) is 31.2 Å². The van der Waals surface area contributed by atoms with Gasteiger partial charge in [-0.25, -0.2) is 4.79 Å². The molecule has 0 saturated heterocycles. The minimum atomic E-state index is -1.06. The van der Waals surface area contributed by atoms with Gasteiger partial charge in [-0.1, -0.05) is 36.9 Å². The second-order valence-electron chi connectivity index (χ2n) is 4.91. The SMILES string of the molecule is C=C1c2ccccc2C(=O)N1c1c(C)cccc1C(=O)O. The summed E-state index contributed by atoms with van der Waals surface area (Å²) >= 11 is 0. The highest BCUT2D eigenvalue weighted by Gasteiger charge is 2.34. The van der Waals surface area contributed by atoms with Crippen molar-refractivity contribution in [3.05, 3.63) is 71.3 Å². The van der Waals surface area contributed by atoms with E-state index in [2.05, 4.69) is 6.58 Å². The first-order valence-corrected chi connectivity index (χ1v) is 6.48. The molecule has 21 heavy (non-hydrogen) atoms. The van der Waals surface area contributed by atoms with Gasteiger partial charge in [-0.05, 0) is 24.6 Å². The van der Waals surface area contributed by atoms with Crippen LogP contribution < -0.4 is 4.90 Å². The summed E-state index contributed by atoms with van der Waals surface area (Å²) in [6.07, 6.45) is 0. The quantitative estimate of drug-likeness (QED) is 0.917. The second kappa shape index (κ2) is 4.59. The van der Waals surface area contributed by atoms with Crippen LogP contribution in [0.25, 0.3) is 5.70 Å². The lowest BCUT2D eigenvalue weighted by Gasteiger charge is -2.21. The summed E-state index contributed by atoms with van der Waals surface area (Å²) in [5.41, 5.74) is 2.99. The van der Waals surface area contributed by atoms with E-state index in [1.807, 2.05) is 12.1 Å². The number of carboxylic acid groups (broad SMARTS) is 1. The van der Waals surface area contributed by atoms with Crippen LogP contribution in [0.4, 0.5) is 5.69 Å². The predicted octanol–water partition coefficient (Wildman–Crippen LogP) is 3.32. The lowest BCUT2D eigenvalue weighted by atomic mass is 10.1. The smallest absolute Gasteiger partial charge is 0.337 e. The minimum Gasteiger partial charge on any atom is -0.478 e. The summed E-state index contributed by atoms with van der Waals surface area (Å²) in [5.74, 6) is -1.31. The molecule has 0 fully saturated rings. The number of hydrogen-bond donors (Lipinski definition) is 1. The molecule has 1 aliphatic rings. The lowest BCUT2D eigenvalue weighted by Crippen LogP contribution is -2.25. The Kier molecular flexibility index (Phi) is 2.87. The number of carbonyl (C=O) groups is 2. The average Bonchev–Trinajstić information content (AvgIpc) is 2.72. The molecule has 0 radical (unpaired) electrons. The first-order chi connectivity index (χ1) is 10.0. The Balaban J connectivity index is 2.23. The molecule has 4 heteroatoms. The highest BCUT2D eigenvalue weighted by atomic mass is 16.4. The van der Waals surface area contributed by atoms with Gasteiger partial charge in [0.15, 0.2) is 0 Å². The number of anilines is 1. The van der Waals surface area contributed by atoms with Gasteiger partial charge in [0.2, 0.25) is 0 Å². The Labute approximate surface area is 121 Å². The minimum absolute atomic E-state index is 0.0947. The number of hydrogen-bond acceptors (Lipinski definition) is 2. The van der Waals surface area contributed by atoms with E-state index in [0.29, 0.717) is 16.9 Å². The third-order valence-corrected chi connectivity index (χ3v) is 3.63. The van der Waals surface area contributed by atoms with Gasteiger partial charge in [0.1, 0.15) is 0 Å². The van der Waals surface area contributed by atoms with Crippen LogP contribution in [0.5, 0.6) is 0 Å². The Hall–Kier alpha value is -2.88. The summed E-state index contributed by atoms with van der Waals surface area (Å²) in [6, 6.07) is 12.1. The van der Waals surface area contributed by atoms with Crippen LogP contribution >= 0.6 is 0 Å². The molecule has 0 bridgehead atoms. The Bertz CT molecular complexity index is 757. The molecule has 2 aromatic carbocycles. The van der Waals surface area contributed by atoms with Gasteiger partial charge >= 0.3 is 5.97 Å². The molecule has 0 aliphatic carbocycles. The van der Waals surface area contributed by atoms with E-state index in [9.17, 15) is 14.7 Å². The molecule has 0 unspecified atom stereocenters. The molecular weight excluding hydrogens is 266 g/mol. The number of fused-ring (bicyclic) bond motifs is 1. The standard InChI is InChI=1S/C17H13NO3/c1-10-6-5-9-14(17(20)21)15(10)18-11(2)12-7-3-4-8-13(12)16(18)19/h3-9H,2H2,1H3,(H,20,21). The number of aryl methyl sites for hydroxylation is 1. The predicted molar refractivity (Wildman–Crippen MR) is 80.4 cm³/mol. The molecule has 0 atom stereocenters. The third kappa shape index (κ3) is 1.84. The maximum absolute atomic E-state index is 12.6. The topological polar surface area (TPSA) is 57.6 Å². The van der Waals surface area contributed by atoms with E-state index >= 15 is 0 Å². The monoisotopic (exact) mass is 279 g/mol. The van der Waals surface area contributed by atoms with Crippen molar-refractivity contribution in [2.45, 2.75) is 6.92 Å². The van der Waals surface area contributed by atoms with Gasteiger partial charge in [-0.2, -0.15) is 0 Å². The van der Waals surface area contributed by atoms with Crippen LogP contribution in [0, 0.1) is 6.92 Å². The van der Waals surface area contributed by atoms with Crippen LogP contribution in [0.2, 0.25) is 0 Å². The molecule has 1 heterocycles. The molecule has 0 spiro atoms. The Morgan fingerprint density at radius 2 is 1.76 bits per heavy atom. The Morgan fingerprint density at radius 3 is 2.38 bits per heavy atom. The van der Waals surface area contributed by atoms with E-state index < -0.39 is 5.97 Å². The number of carboxylic acids is 1. The van der Waals surface area contributed by atoms with Gasteiger partial charge in [0.25, 0.3) is 5.91 Å². The van der Waals surface area contributed by atoms with E-state index in [0.717, 1.165) is 11.1 Å². The molecule has 4 nitrogen and oxygen atoms in total. The van der Waals surface area contributed by atoms with Crippen molar-refractivity contribution in [2.24, 2.45) is 0 Å². The average molecular weight is 279 g/mol. The van der Waals surface area contributed by atoms with E-state index in [-0.39, 0.29) is 11.5 Å². The van der Waals surface area contributed by atoms with Crippen LogP contribution in [0.3, 0.4) is 0 Å². The van der Waals surface area contributed by atoms with Crippen molar-refractivity contribution in [3.63, 3.8) is 0 Å². The van der Waals surface area contributed by atoms with Crippen molar-refractivity contribution >= 4 is 23.3 Å². The maximum Gasteiger partial charge on any atom is 0.337 e. The molecular formula is C17H13NO3. The van der Waals surface area contributed by atoms with E-state index in [1.165, 1.54) is 11.0 Å². The molecule has 1 N–H and O–H groups in total. The lowest BCUT2D eigenvalue weighted by molar-refractivity contribution is 0.0697. The summed E-state index contributed by atoms with van der Waals surface area (Å²) in [6.45, 7) is 5.74. The van der Waals surface area contributed by atoms with Crippen LogP contribution in [-0.4, -0.2) is 17.0 Å². The zero-order valence-electron chi connectivity index (χ0n) is 11.5. The fourth-order valence-electron chi connectivity index (χ4n) is 2.65. The van der Waals surface area contributed by atoms with Gasteiger partial charge in [0, 0.05) is 11.1 Å².